The van der Waals surface area contributed by atoms with Crippen LogP contribution in [0, 0.1) is 17.8 Å². The van der Waals surface area contributed by atoms with E-state index in [0.29, 0.717) is 25.9 Å². The number of Topliss-reactive ketones (excluding diaryl/α,β-unsaturated/α-hetero) is 1. The number of aldehydes is 1. The van der Waals surface area contributed by atoms with Crippen molar-refractivity contribution in [3.05, 3.63) is 0 Å². The van der Waals surface area contributed by atoms with Crippen molar-refractivity contribution in [1.29, 1.82) is 0 Å². The van der Waals surface area contributed by atoms with Gasteiger partial charge in [0.2, 0.25) is 5.91 Å². The van der Waals surface area contributed by atoms with Crippen LogP contribution in [0.25, 0.3) is 0 Å². The number of aliphatic hydroxyl groups excluding tert-OH is 2. The third kappa shape index (κ3) is 14.7. The topological polar surface area (TPSA) is 130 Å². The Balaban J connectivity index is 2.58. The summed E-state index contributed by atoms with van der Waals surface area (Å²) in [6, 6.07) is -0.767. The maximum Gasteiger partial charge on any atom is 0.307 e. The highest BCUT2D eigenvalue weighted by molar-refractivity contribution is 5.83. The van der Waals surface area contributed by atoms with Gasteiger partial charge in [0.1, 0.15) is 12.4 Å². The molecule has 0 aromatic rings. The Hall–Kier alpha value is -1.84. The first-order chi connectivity index (χ1) is 19.1. The third-order valence-electron chi connectivity index (χ3n) is 7.96. The Kier molecular flexibility index (Phi) is 19.0. The van der Waals surface area contributed by atoms with Crippen molar-refractivity contribution >= 4 is 23.9 Å². The molecule has 1 rings (SSSR count). The maximum atomic E-state index is 12.8. The summed E-state index contributed by atoms with van der Waals surface area (Å²) in [4.78, 5) is 51.3. The first kappa shape index (κ1) is 36.2. The van der Waals surface area contributed by atoms with Crippen molar-refractivity contribution in [1.82, 2.24) is 4.90 Å². The number of rotatable bonds is 21. The van der Waals surface area contributed by atoms with E-state index in [4.69, 9.17) is 14.6 Å². The van der Waals surface area contributed by atoms with Gasteiger partial charge in [0, 0.05) is 26.0 Å². The molecular formula is C31H55NO8. The molecule has 0 saturated carbocycles. The smallest absolute Gasteiger partial charge is 0.307 e. The van der Waals surface area contributed by atoms with E-state index >= 15 is 0 Å². The number of ketones is 1. The molecule has 9 heteroatoms. The van der Waals surface area contributed by atoms with Crippen molar-refractivity contribution in [2.75, 3.05) is 26.4 Å². The van der Waals surface area contributed by atoms with E-state index < -0.39 is 18.2 Å². The Labute approximate surface area is 241 Å². The molecule has 6 unspecified atom stereocenters. The fraction of sp³-hybridized carbons (Fsp3) is 0.871. The first-order valence-corrected chi connectivity index (χ1v) is 15.5. The minimum atomic E-state index is -0.789. The Morgan fingerprint density at radius 3 is 2.38 bits per heavy atom. The zero-order chi connectivity index (χ0) is 29.9. The summed E-state index contributed by atoms with van der Waals surface area (Å²) >= 11 is 0. The predicted octanol–water partition coefficient (Wildman–Crippen LogP) is 4.25. The van der Waals surface area contributed by atoms with E-state index in [1.165, 1.54) is 4.90 Å². The molecule has 1 amide bonds. The summed E-state index contributed by atoms with van der Waals surface area (Å²) in [5.41, 5.74) is 0. The number of hydrogen-bond acceptors (Lipinski definition) is 8. The lowest BCUT2D eigenvalue weighted by Gasteiger charge is -2.35. The number of esters is 1. The zero-order valence-corrected chi connectivity index (χ0v) is 25.4. The van der Waals surface area contributed by atoms with E-state index in [1.54, 1.807) is 6.92 Å². The highest BCUT2D eigenvalue weighted by Crippen LogP contribution is 2.27. The number of amides is 1. The number of aliphatic hydroxyl groups is 2. The Morgan fingerprint density at radius 2 is 1.73 bits per heavy atom. The largest absolute Gasteiger partial charge is 0.465 e. The monoisotopic (exact) mass is 569 g/mol. The van der Waals surface area contributed by atoms with Crippen LogP contribution in [0.3, 0.4) is 0 Å². The molecule has 40 heavy (non-hydrogen) atoms. The second-order valence-electron chi connectivity index (χ2n) is 11.7. The summed E-state index contributed by atoms with van der Waals surface area (Å²) in [5, 5.41) is 19.6. The van der Waals surface area contributed by atoms with Gasteiger partial charge in [0.15, 0.2) is 5.78 Å². The summed E-state index contributed by atoms with van der Waals surface area (Å²) in [6.07, 6.45) is 7.54. The summed E-state index contributed by atoms with van der Waals surface area (Å²) < 4.78 is 11.2. The van der Waals surface area contributed by atoms with Crippen LogP contribution in [-0.2, 0) is 28.7 Å². The summed E-state index contributed by atoms with van der Waals surface area (Å²) in [7, 11) is 0. The standard InChI is InChI=1S/C31H55NO8/c1-5-6-7-10-24(3)22-40-31(38)16-17-32-27(20-34)19-26(29(36)14-15-30(32)37)12-13-28(35)25(4)39-21-23(2)11-8-9-18-33/h20,23-27,29,33,36H,5-19,21-22H2,1-4H3. The van der Waals surface area contributed by atoms with Crippen molar-refractivity contribution in [3.63, 3.8) is 0 Å². The van der Waals surface area contributed by atoms with Crippen LogP contribution in [0.2, 0.25) is 0 Å². The molecule has 1 heterocycles. The second-order valence-corrected chi connectivity index (χ2v) is 11.7. The number of carbonyl (C=O) groups is 4. The Morgan fingerprint density at radius 1 is 1.05 bits per heavy atom. The lowest BCUT2D eigenvalue weighted by Crippen LogP contribution is -2.47. The van der Waals surface area contributed by atoms with Gasteiger partial charge >= 0.3 is 5.97 Å². The van der Waals surface area contributed by atoms with E-state index in [0.717, 1.165) is 44.9 Å². The van der Waals surface area contributed by atoms with Gasteiger partial charge in [-0.25, -0.2) is 0 Å². The number of nitrogens with zero attached hydrogens (tertiary/aromatic N) is 1. The molecule has 9 nitrogen and oxygen atoms in total. The van der Waals surface area contributed by atoms with Crippen LogP contribution in [0.4, 0.5) is 0 Å². The number of unbranched alkanes of at least 4 members (excludes halogenated alkanes) is 3. The molecule has 2 N–H and O–H groups in total. The molecule has 0 aliphatic carbocycles. The molecule has 0 aromatic heterocycles. The minimum absolute atomic E-state index is 0.0107. The normalized spacial score (nSPS) is 22.2. The third-order valence-corrected chi connectivity index (χ3v) is 7.96. The maximum absolute atomic E-state index is 12.8. The van der Waals surface area contributed by atoms with Gasteiger partial charge in [-0.1, -0.05) is 46.5 Å². The van der Waals surface area contributed by atoms with E-state index in [2.05, 4.69) is 20.8 Å². The quantitative estimate of drug-likeness (QED) is 0.119. The second kappa shape index (κ2) is 20.9. The number of likely N-dealkylation sites (tertiary alicyclic amines) is 1. The molecule has 0 radical (unpaired) electrons. The van der Waals surface area contributed by atoms with Crippen LogP contribution in [-0.4, -0.2) is 83.7 Å². The average Bonchev–Trinajstić information content (AvgIpc) is 2.93. The molecule has 0 spiro atoms. The van der Waals surface area contributed by atoms with Crippen LogP contribution in [0.15, 0.2) is 0 Å². The molecule has 6 atom stereocenters. The Bertz CT molecular complexity index is 745. The molecule has 1 saturated heterocycles. The highest BCUT2D eigenvalue weighted by Gasteiger charge is 2.33. The van der Waals surface area contributed by atoms with E-state index in [1.807, 2.05) is 0 Å². The summed E-state index contributed by atoms with van der Waals surface area (Å²) in [5.74, 6) is -0.464. The van der Waals surface area contributed by atoms with Crippen LogP contribution in [0.1, 0.15) is 111 Å². The number of carbonyl (C=O) groups excluding carboxylic acids is 4. The van der Waals surface area contributed by atoms with Crippen molar-refractivity contribution in [3.8, 4) is 0 Å². The number of hydrogen-bond donors (Lipinski definition) is 2. The number of ether oxygens (including phenoxy) is 2. The van der Waals surface area contributed by atoms with Gasteiger partial charge in [0.25, 0.3) is 0 Å². The highest BCUT2D eigenvalue weighted by atomic mass is 16.5. The molecular weight excluding hydrogens is 514 g/mol. The lowest BCUT2D eigenvalue weighted by atomic mass is 9.85. The van der Waals surface area contributed by atoms with Gasteiger partial charge < -0.3 is 29.4 Å². The van der Waals surface area contributed by atoms with Crippen LogP contribution in [0.5, 0.6) is 0 Å². The first-order valence-electron chi connectivity index (χ1n) is 15.5. The average molecular weight is 570 g/mol. The van der Waals surface area contributed by atoms with Gasteiger partial charge in [-0.3, -0.25) is 14.4 Å². The van der Waals surface area contributed by atoms with E-state index in [-0.39, 0.29) is 80.7 Å². The van der Waals surface area contributed by atoms with Crippen molar-refractivity contribution in [2.24, 2.45) is 17.8 Å². The molecule has 1 fully saturated rings. The molecule has 0 aromatic carbocycles. The minimum Gasteiger partial charge on any atom is -0.465 e. The van der Waals surface area contributed by atoms with Gasteiger partial charge in [-0.2, -0.15) is 0 Å². The van der Waals surface area contributed by atoms with Crippen molar-refractivity contribution in [2.45, 2.75) is 129 Å². The van der Waals surface area contributed by atoms with E-state index in [9.17, 15) is 24.3 Å². The fourth-order valence-corrected chi connectivity index (χ4v) is 5.13. The molecule has 232 valence electrons. The molecule has 1 aliphatic rings. The van der Waals surface area contributed by atoms with Crippen LogP contribution < -0.4 is 0 Å². The SMILES string of the molecule is CCCCCC(C)COC(=O)CCN1C(=O)CCC(O)C(CCC(=O)C(C)OCC(C)CCCCO)CC1C=O. The van der Waals surface area contributed by atoms with Crippen molar-refractivity contribution < 1.29 is 38.9 Å². The fourth-order valence-electron chi connectivity index (χ4n) is 5.13. The zero-order valence-electron chi connectivity index (χ0n) is 25.4. The van der Waals surface area contributed by atoms with Crippen LogP contribution >= 0.6 is 0 Å². The van der Waals surface area contributed by atoms with Gasteiger partial charge in [-0.05, 0) is 63.2 Å². The molecule has 0 bridgehead atoms. The lowest BCUT2D eigenvalue weighted by molar-refractivity contribution is -0.147. The predicted molar refractivity (Wildman–Crippen MR) is 154 cm³/mol. The summed E-state index contributed by atoms with van der Waals surface area (Å²) in [6.45, 7) is 9.07. The van der Waals surface area contributed by atoms with Gasteiger partial charge in [0.05, 0.1) is 31.8 Å². The van der Waals surface area contributed by atoms with Gasteiger partial charge in [-0.15, -0.1) is 0 Å². The molecule has 1 aliphatic heterocycles.